The number of fused-ring (bicyclic) bond motifs is 9. The maximum absolute atomic E-state index is 13.6. The molecule has 0 aliphatic carbocycles. The molecule has 294 valence electrons. The van der Waals surface area contributed by atoms with Gasteiger partial charge in [0.2, 0.25) is 0 Å². The number of hydrogen-bond donors (Lipinski definition) is 0. The van der Waals surface area contributed by atoms with Crippen LogP contribution in [0.2, 0.25) is 0 Å². The summed E-state index contributed by atoms with van der Waals surface area (Å²) in [4.78, 5) is 36.6. The lowest BCUT2D eigenvalue weighted by Gasteiger charge is -2.11. The summed E-state index contributed by atoms with van der Waals surface area (Å²) in [7, 11) is 1.99. The van der Waals surface area contributed by atoms with E-state index in [9.17, 15) is 9.59 Å². The van der Waals surface area contributed by atoms with Crippen LogP contribution in [0.4, 0.5) is 0 Å². The van der Waals surface area contributed by atoms with Crippen LogP contribution in [0.5, 0.6) is 0 Å². The Morgan fingerprint density at radius 1 is 0.516 bits per heavy atom. The SMILES string of the molecule is Cc1c(-c2cnc(-c3ccc4c5ccc(-c6ccc(-c7cc8ccc9ccccc9c8oc7=O)n6C)cc5n(-c5ccccc5)c4c3)cn2)c(=O)oc2ccc3ccccc3c12. The molecule has 0 aliphatic heterocycles. The normalized spacial score (nSPS) is 11.8. The van der Waals surface area contributed by atoms with E-state index in [-0.39, 0.29) is 5.63 Å². The zero-order valence-electron chi connectivity index (χ0n) is 33.6. The van der Waals surface area contributed by atoms with Crippen molar-refractivity contribution in [2.24, 2.45) is 7.05 Å². The van der Waals surface area contributed by atoms with E-state index in [0.29, 0.717) is 33.7 Å². The number of para-hydroxylation sites is 1. The Hall–Kier alpha value is -8.36. The third kappa shape index (κ3) is 5.40. The largest absolute Gasteiger partial charge is 0.422 e. The first-order valence-corrected chi connectivity index (χ1v) is 20.4. The van der Waals surface area contributed by atoms with E-state index in [1.54, 1.807) is 12.4 Å². The van der Waals surface area contributed by atoms with Crippen LogP contribution in [-0.2, 0) is 7.05 Å². The highest BCUT2D eigenvalue weighted by molar-refractivity contribution is 6.12. The molecule has 0 aliphatic rings. The first-order valence-electron chi connectivity index (χ1n) is 20.4. The molecule has 0 unspecified atom stereocenters. The quantitative estimate of drug-likeness (QED) is 0.127. The average molecular weight is 803 g/mol. The molecule has 5 aromatic heterocycles. The second-order valence-corrected chi connectivity index (χ2v) is 15.8. The molecule has 5 heterocycles. The Kier molecular flexibility index (Phi) is 7.80. The number of aromatic nitrogens is 4. The van der Waals surface area contributed by atoms with Crippen LogP contribution in [0.15, 0.2) is 189 Å². The molecule has 62 heavy (non-hydrogen) atoms. The van der Waals surface area contributed by atoms with Crippen molar-refractivity contribution in [3.8, 4) is 50.7 Å². The van der Waals surface area contributed by atoms with Crippen molar-refractivity contribution in [1.29, 1.82) is 0 Å². The summed E-state index contributed by atoms with van der Waals surface area (Å²) in [5, 5.41) is 7.99. The predicted octanol–water partition coefficient (Wildman–Crippen LogP) is 12.4. The van der Waals surface area contributed by atoms with E-state index >= 15 is 0 Å². The fourth-order valence-electron chi connectivity index (χ4n) is 9.35. The number of rotatable bonds is 5. The van der Waals surface area contributed by atoms with Crippen LogP contribution in [0.3, 0.4) is 0 Å². The van der Waals surface area contributed by atoms with Crippen LogP contribution in [0.25, 0.3) is 116 Å². The Morgan fingerprint density at radius 3 is 1.92 bits per heavy atom. The van der Waals surface area contributed by atoms with Gasteiger partial charge in [-0.1, -0.05) is 109 Å². The Morgan fingerprint density at radius 2 is 1.15 bits per heavy atom. The van der Waals surface area contributed by atoms with E-state index in [4.69, 9.17) is 18.8 Å². The molecule has 0 atom stereocenters. The minimum absolute atomic E-state index is 0.375. The van der Waals surface area contributed by atoms with Gasteiger partial charge in [-0.25, -0.2) is 9.59 Å². The van der Waals surface area contributed by atoms with Crippen molar-refractivity contribution in [3.63, 3.8) is 0 Å². The lowest BCUT2D eigenvalue weighted by Crippen LogP contribution is -2.07. The summed E-state index contributed by atoms with van der Waals surface area (Å²) in [6, 6.07) is 53.1. The smallest absolute Gasteiger partial charge is 0.346 e. The van der Waals surface area contributed by atoms with Gasteiger partial charge in [-0.3, -0.25) is 9.97 Å². The molecule has 0 saturated heterocycles. The Labute approximate surface area is 353 Å². The standard InChI is InChI=1S/C54H34N4O4/c1-31-50-38-14-8-6-10-32(38)20-25-49(50)61-54(60)51(31)44-30-55-43(29-56-44)34-18-21-40-41-22-19-35(28-48(41)58(47(40)27-34)37-12-4-3-5-13-37)45-23-24-46(57(45)2)42-26-36-17-16-33-11-7-9-15-39(33)52(36)62-53(42)59/h3-30H,1-2H3. The van der Waals surface area contributed by atoms with Gasteiger partial charge in [0.15, 0.2) is 0 Å². The monoisotopic (exact) mass is 802 g/mol. The molecule has 12 aromatic rings. The molecular weight excluding hydrogens is 769 g/mol. The minimum atomic E-state index is -0.444. The van der Waals surface area contributed by atoms with E-state index in [0.717, 1.165) is 87.9 Å². The first-order chi connectivity index (χ1) is 30.4. The molecule has 8 heteroatoms. The van der Waals surface area contributed by atoms with E-state index in [2.05, 4.69) is 75.9 Å². The van der Waals surface area contributed by atoms with Crippen molar-refractivity contribution in [3.05, 3.63) is 197 Å². The third-order valence-electron chi connectivity index (χ3n) is 12.4. The Balaban J connectivity index is 0.952. The summed E-state index contributed by atoms with van der Waals surface area (Å²) < 4.78 is 16.2. The summed E-state index contributed by atoms with van der Waals surface area (Å²) in [5.41, 5.74) is 9.88. The van der Waals surface area contributed by atoms with Crippen molar-refractivity contribution in [2.45, 2.75) is 6.92 Å². The van der Waals surface area contributed by atoms with Crippen LogP contribution >= 0.6 is 0 Å². The van der Waals surface area contributed by atoms with Gasteiger partial charge in [0.05, 0.1) is 51.6 Å². The zero-order chi connectivity index (χ0) is 41.6. The maximum atomic E-state index is 13.6. The average Bonchev–Trinajstić information content (AvgIpc) is 3.85. The summed E-state index contributed by atoms with van der Waals surface area (Å²) in [6.07, 6.45) is 3.38. The van der Waals surface area contributed by atoms with Crippen LogP contribution in [0.1, 0.15) is 5.56 Å². The van der Waals surface area contributed by atoms with Gasteiger partial charge < -0.3 is 18.0 Å². The molecule has 0 saturated carbocycles. The van der Waals surface area contributed by atoms with Crippen LogP contribution in [0, 0.1) is 6.92 Å². The van der Waals surface area contributed by atoms with E-state index in [1.165, 1.54) is 0 Å². The highest BCUT2D eigenvalue weighted by Crippen LogP contribution is 2.38. The van der Waals surface area contributed by atoms with Crippen LogP contribution in [-0.4, -0.2) is 19.1 Å². The molecule has 8 nitrogen and oxygen atoms in total. The van der Waals surface area contributed by atoms with Gasteiger partial charge in [0, 0.05) is 56.5 Å². The van der Waals surface area contributed by atoms with Crippen LogP contribution < -0.4 is 11.3 Å². The molecular formula is C54H34N4O4. The number of benzene rings is 7. The second kappa shape index (κ2) is 13.6. The molecule has 0 amide bonds. The van der Waals surface area contributed by atoms with E-state index < -0.39 is 5.63 Å². The zero-order valence-corrected chi connectivity index (χ0v) is 33.6. The van der Waals surface area contributed by atoms with Crippen molar-refractivity contribution < 1.29 is 8.83 Å². The highest BCUT2D eigenvalue weighted by atomic mass is 16.4. The molecule has 0 fully saturated rings. The first kappa shape index (κ1) is 35.6. The molecule has 0 radical (unpaired) electrons. The molecule has 0 N–H and O–H groups in total. The lowest BCUT2D eigenvalue weighted by molar-refractivity contribution is 0.562. The topological polar surface area (TPSA) is 96.1 Å². The minimum Gasteiger partial charge on any atom is -0.422 e. The van der Waals surface area contributed by atoms with Gasteiger partial charge in [-0.15, -0.1) is 0 Å². The Bertz CT molecular complexity index is 3930. The number of nitrogens with zero attached hydrogens (tertiary/aromatic N) is 4. The van der Waals surface area contributed by atoms with Crippen molar-refractivity contribution in [1.82, 2.24) is 19.1 Å². The van der Waals surface area contributed by atoms with Gasteiger partial charge in [0.1, 0.15) is 11.2 Å². The van der Waals surface area contributed by atoms with Gasteiger partial charge >= 0.3 is 11.3 Å². The fraction of sp³-hybridized carbons (Fsp3) is 0.0370. The predicted molar refractivity (Wildman–Crippen MR) is 249 cm³/mol. The molecule has 0 bridgehead atoms. The number of aryl methyl sites for hydroxylation is 1. The van der Waals surface area contributed by atoms with Crippen molar-refractivity contribution >= 4 is 65.3 Å². The van der Waals surface area contributed by atoms with Gasteiger partial charge in [-0.2, -0.15) is 0 Å². The third-order valence-corrected chi connectivity index (χ3v) is 12.4. The maximum Gasteiger partial charge on any atom is 0.346 e. The highest BCUT2D eigenvalue weighted by Gasteiger charge is 2.20. The van der Waals surface area contributed by atoms with Crippen molar-refractivity contribution in [2.75, 3.05) is 0 Å². The lowest BCUT2D eigenvalue weighted by atomic mass is 9.98. The summed E-state index contributed by atoms with van der Waals surface area (Å²) in [6.45, 7) is 1.94. The summed E-state index contributed by atoms with van der Waals surface area (Å²) >= 11 is 0. The van der Waals surface area contributed by atoms with Gasteiger partial charge in [-0.05, 0) is 77.2 Å². The molecule has 0 spiro atoms. The van der Waals surface area contributed by atoms with Gasteiger partial charge in [0.25, 0.3) is 0 Å². The molecule has 12 rings (SSSR count). The second-order valence-electron chi connectivity index (χ2n) is 15.8. The molecule has 7 aromatic carbocycles. The number of hydrogen-bond acceptors (Lipinski definition) is 6. The summed E-state index contributed by atoms with van der Waals surface area (Å²) in [5.74, 6) is 0. The fourth-order valence-corrected chi connectivity index (χ4v) is 9.35. The van der Waals surface area contributed by atoms with E-state index in [1.807, 2.05) is 105 Å².